The highest BCUT2D eigenvalue weighted by Gasteiger charge is 2.29. The van der Waals surface area contributed by atoms with E-state index in [9.17, 15) is 18.0 Å². The van der Waals surface area contributed by atoms with E-state index in [2.05, 4.69) is 15.2 Å². The third kappa shape index (κ3) is 2.25. The number of halogens is 3. The quantitative estimate of drug-likeness (QED) is 0.876. The fraction of sp³-hybridized carbons (Fsp3) is 0.300. The lowest BCUT2D eigenvalue weighted by molar-refractivity contribution is 0.447. The monoisotopic (exact) mass is 288 g/mol. The molecule has 1 fully saturated rings. The molecule has 0 saturated heterocycles. The summed E-state index contributed by atoms with van der Waals surface area (Å²) >= 11 is 0.681. The van der Waals surface area contributed by atoms with Crippen LogP contribution in [-0.4, -0.2) is 19.7 Å². The summed E-state index contributed by atoms with van der Waals surface area (Å²) in [7, 11) is 0. The SMILES string of the molecule is O=c1[nH]nc(Sc2nc(F)c(F)cc2F)n1C1CC1. The van der Waals surface area contributed by atoms with Crippen LogP contribution in [0.4, 0.5) is 13.2 Å². The molecule has 2 aromatic heterocycles. The maximum Gasteiger partial charge on any atom is 0.344 e. The highest BCUT2D eigenvalue weighted by Crippen LogP contribution is 2.37. The molecule has 1 saturated carbocycles. The van der Waals surface area contributed by atoms with Gasteiger partial charge in [0.05, 0.1) is 0 Å². The summed E-state index contributed by atoms with van der Waals surface area (Å²) in [5, 5.41) is 5.80. The zero-order valence-corrected chi connectivity index (χ0v) is 10.2. The third-order valence-electron chi connectivity index (χ3n) is 2.63. The van der Waals surface area contributed by atoms with E-state index in [-0.39, 0.29) is 16.2 Å². The predicted molar refractivity (Wildman–Crippen MR) is 59.4 cm³/mol. The van der Waals surface area contributed by atoms with E-state index in [1.807, 2.05) is 0 Å². The zero-order valence-electron chi connectivity index (χ0n) is 9.36. The van der Waals surface area contributed by atoms with Gasteiger partial charge in [0.2, 0.25) is 5.95 Å². The van der Waals surface area contributed by atoms with E-state index >= 15 is 0 Å². The molecular weight excluding hydrogens is 281 g/mol. The Morgan fingerprint density at radius 1 is 1.32 bits per heavy atom. The van der Waals surface area contributed by atoms with Crippen molar-refractivity contribution in [3.63, 3.8) is 0 Å². The first-order chi connectivity index (χ1) is 9.06. The Labute approximate surface area is 108 Å². The Bertz CT molecular complexity index is 695. The number of rotatable bonds is 3. The number of aromatic nitrogens is 4. The molecule has 0 spiro atoms. The van der Waals surface area contributed by atoms with Gasteiger partial charge in [-0.15, -0.1) is 5.10 Å². The molecule has 3 rings (SSSR count). The number of H-pyrrole nitrogens is 1. The zero-order chi connectivity index (χ0) is 13.6. The second-order valence-corrected chi connectivity index (χ2v) is 5.02. The van der Waals surface area contributed by atoms with Crippen molar-refractivity contribution >= 4 is 11.8 Å². The number of hydrogen-bond donors (Lipinski definition) is 1. The molecule has 9 heteroatoms. The third-order valence-corrected chi connectivity index (χ3v) is 3.58. The molecule has 1 aliphatic carbocycles. The van der Waals surface area contributed by atoms with Crippen LogP contribution in [-0.2, 0) is 0 Å². The van der Waals surface area contributed by atoms with Crippen LogP contribution in [0.15, 0.2) is 21.0 Å². The largest absolute Gasteiger partial charge is 0.344 e. The van der Waals surface area contributed by atoms with Crippen molar-refractivity contribution in [3.8, 4) is 0 Å². The molecule has 0 radical (unpaired) electrons. The smallest absolute Gasteiger partial charge is 0.267 e. The Morgan fingerprint density at radius 3 is 2.74 bits per heavy atom. The van der Waals surface area contributed by atoms with Crippen LogP contribution in [0.2, 0.25) is 0 Å². The second kappa shape index (κ2) is 4.41. The Kier molecular flexibility index (Phi) is 2.85. The molecule has 1 aliphatic rings. The average molecular weight is 288 g/mol. The van der Waals surface area contributed by atoms with E-state index in [0.717, 1.165) is 12.8 Å². The molecule has 0 amide bonds. The van der Waals surface area contributed by atoms with Gasteiger partial charge in [0.15, 0.2) is 16.8 Å². The molecule has 5 nitrogen and oxygen atoms in total. The van der Waals surface area contributed by atoms with Crippen LogP contribution in [0.3, 0.4) is 0 Å². The van der Waals surface area contributed by atoms with Crippen LogP contribution in [0.5, 0.6) is 0 Å². The van der Waals surface area contributed by atoms with Gasteiger partial charge in [-0.2, -0.15) is 4.39 Å². The number of pyridine rings is 1. The lowest BCUT2D eigenvalue weighted by Crippen LogP contribution is -2.16. The van der Waals surface area contributed by atoms with Gasteiger partial charge in [0.25, 0.3) is 0 Å². The van der Waals surface area contributed by atoms with Crippen molar-refractivity contribution in [2.75, 3.05) is 0 Å². The van der Waals surface area contributed by atoms with Gasteiger partial charge in [0.1, 0.15) is 5.03 Å². The molecule has 2 aromatic rings. The van der Waals surface area contributed by atoms with Crippen molar-refractivity contribution < 1.29 is 13.2 Å². The fourth-order valence-electron chi connectivity index (χ4n) is 1.60. The maximum atomic E-state index is 13.5. The predicted octanol–water partition coefficient (Wildman–Crippen LogP) is 1.87. The summed E-state index contributed by atoms with van der Waals surface area (Å²) in [6.45, 7) is 0. The number of hydrogen-bond acceptors (Lipinski definition) is 4. The van der Waals surface area contributed by atoms with E-state index in [1.54, 1.807) is 0 Å². The van der Waals surface area contributed by atoms with Crippen LogP contribution in [0.1, 0.15) is 18.9 Å². The van der Waals surface area contributed by atoms with Gasteiger partial charge in [0, 0.05) is 12.1 Å². The molecule has 0 atom stereocenters. The second-order valence-electron chi connectivity index (χ2n) is 4.06. The first-order valence-electron chi connectivity index (χ1n) is 5.42. The Morgan fingerprint density at radius 2 is 2.05 bits per heavy atom. The molecular formula is C10H7F3N4OS. The molecule has 0 bridgehead atoms. The lowest BCUT2D eigenvalue weighted by Gasteiger charge is -2.04. The summed E-state index contributed by atoms with van der Waals surface area (Å²) in [5.41, 5.74) is -0.409. The van der Waals surface area contributed by atoms with Gasteiger partial charge >= 0.3 is 5.69 Å². The summed E-state index contributed by atoms with van der Waals surface area (Å²) in [4.78, 5) is 14.7. The van der Waals surface area contributed by atoms with Crippen LogP contribution in [0, 0.1) is 17.6 Å². The van der Waals surface area contributed by atoms with Crippen LogP contribution in [0.25, 0.3) is 0 Å². The minimum atomic E-state index is -1.39. The number of nitrogens with zero attached hydrogens (tertiary/aromatic N) is 3. The van der Waals surface area contributed by atoms with Crippen LogP contribution >= 0.6 is 11.8 Å². The highest BCUT2D eigenvalue weighted by atomic mass is 32.2. The topological polar surface area (TPSA) is 63.6 Å². The summed E-state index contributed by atoms with van der Waals surface area (Å²) in [6, 6.07) is 0.443. The van der Waals surface area contributed by atoms with Crippen molar-refractivity contribution in [1.29, 1.82) is 0 Å². The highest BCUT2D eigenvalue weighted by molar-refractivity contribution is 7.99. The van der Waals surface area contributed by atoms with E-state index in [0.29, 0.717) is 17.8 Å². The summed E-state index contributed by atoms with van der Waals surface area (Å²) in [6.07, 6.45) is 1.67. The van der Waals surface area contributed by atoms with E-state index in [4.69, 9.17) is 0 Å². The van der Waals surface area contributed by atoms with Gasteiger partial charge in [-0.1, -0.05) is 0 Å². The molecule has 1 N–H and O–H groups in total. The average Bonchev–Trinajstić information content (AvgIpc) is 3.12. The summed E-state index contributed by atoms with van der Waals surface area (Å²) in [5.74, 6) is -3.75. The Balaban J connectivity index is 1.98. The lowest BCUT2D eigenvalue weighted by atomic mass is 10.4. The van der Waals surface area contributed by atoms with Gasteiger partial charge in [-0.3, -0.25) is 4.57 Å². The molecule has 0 aliphatic heterocycles. The van der Waals surface area contributed by atoms with Gasteiger partial charge in [-0.25, -0.2) is 23.7 Å². The van der Waals surface area contributed by atoms with Gasteiger partial charge in [-0.05, 0) is 24.6 Å². The van der Waals surface area contributed by atoms with Crippen molar-refractivity contribution in [1.82, 2.24) is 19.7 Å². The van der Waals surface area contributed by atoms with Crippen molar-refractivity contribution in [3.05, 3.63) is 34.1 Å². The molecule has 2 heterocycles. The van der Waals surface area contributed by atoms with Gasteiger partial charge < -0.3 is 0 Å². The normalized spacial score (nSPS) is 14.9. The molecule has 0 aromatic carbocycles. The fourth-order valence-corrected chi connectivity index (χ4v) is 2.48. The standard InChI is InChI=1S/C10H7F3N4OS/c11-5-3-6(12)8(14-7(5)13)19-10-16-15-9(18)17(10)4-1-2-4/h3-4H,1-2H2,(H,15,18). The van der Waals surface area contributed by atoms with E-state index in [1.165, 1.54) is 4.57 Å². The summed E-state index contributed by atoms with van der Waals surface area (Å²) < 4.78 is 40.6. The molecule has 100 valence electrons. The first-order valence-corrected chi connectivity index (χ1v) is 6.24. The minimum Gasteiger partial charge on any atom is -0.267 e. The van der Waals surface area contributed by atoms with Crippen molar-refractivity contribution in [2.24, 2.45) is 0 Å². The van der Waals surface area contributed by atoms with E-state index < -0.39 is 23.3 Å². The molecule has 0 unspecified atom stereocenters. The number of aromatic amines is 1. The Hall–Kier alpha value is -1.77. The minimum absolute atomic E-state index is 0.0297. The van der Waals surface area contributed by atoms with Crippen molar-refractivity contribution in [2.45, 2.75) is 29.1 Å². The van der Waals surface area contributed by atoms with Crippen LogP contribution < -0.4 is 5.69 Å². The number of nitrogens with one attached hydrogen (secondary N) is 1. The molecule has 19 heavy (non-hydrogen) atoms. The first kappa shape index (κ1) is 12.3. The maximum absolute atomic E-state index is 13.5.